The molecule has 1 atom stereocenters. The highest BCUT2D eigenvalue weighted by Gasteiger charge is 2.19. The van der Waals surface area contributed by atoms with E-state index in [0.29, 0.717) is 5.69 Å². The average molecular weight is 273 g/mol. The second-order valence-corrected chi connectivity index (χ2v) is 5.29. The number of anilines is 1. The van der Waals surface area contributed by atoms with Gasteiger partial charge in [0.05, 0.1) is 12.2 Å². The van der Waals surface area contributed by atoms with Gasteiger partial charge in [-0.3, -0.25) is 4.68 Å². The Balaban J connectivity index is 1.86. The fraction of sp³-hybridized carbons (Fsp3) is 0.500. The van der Waals surface area contributed by atoms with E-state index < -0.39 is 0 Å². The van der Waals surface area contributed by atoms with Crippen LogP contribution in [0.2, 0.25) is 0 Å². The van der Waals surface area contributed by atoms with Gasteiger partial charge in [0.25, 0.3) is 0 Å². The van der Waals surface area contributed by atoms with Crippen LogP contribution in [0.5, 0.6) is 5.75 Å². The molecule has 2 aromatic rings. The van der Waals surface area contributed by atoms with Gasteiger partial charge in [0.1, 0.15) is 17.8 Å². The molecule has 0 radical (unpaired) electrons. The van der Waals surface area contributed by atoms with Crippen LogP contribution in [-0.2, 0) is 19.9 Å². The van der Waals surface area contributed by atoms with Gasteiger partial charge in [-0.05, 0) is 32.6 Å². The number of aromatic hydroxyl groups is 1. The Kier molecular flexibility index (Phi) is 3.30. The summed E-state index contributed by atoms with van der Waals surface area (Å²) in [5.41, 5.74) is 2.99. The standard InChI is InChI=1S/C14H19N5O/c1-9(13-12(20)7-19(2)18-13)17-14-10-5-3-4-6-11(10)15-8-16-14/h7-9,20H,3-6H2,1-2H3,(H,15,16,17). The van der Waals surface area contributed by atoms with E-state index in [-0.39, 0.29) is 11.8 Å². The molecule has 2 N–H and O–H groups in total. The molecule has 106 valence electrons. The van der Waals surface area contributed by atoms with Gasteiger partial charge in [-0.2, -0.15) is 5.10 Å². The Labute approximate surface area is 117 Å². The second-order valence-electron chi connectivity index (χ2n) is 5.29. The molecule has 2 heterocycles. The van der Waals surface area contributed by atoms with Crippen molar-refractivity contribution >= 4 is 5.82 Å². The maximum Gasteiger partial charge on any atom is 0.158 e. The smallest absolute Gasteiger partial charge is 0.158 e. The molecule has 0 bridgehead atoms. The van der Waals surface area contributed by atoms with Crippen LogP contribution < -0.4 is 5.32 Å². The lowest BCUT2D eigenvalue weighted by Gasteiger charge is -2.20. The lowest BCUT2D eigenvalue weighted by Crippen LogP contribution is -2.15. The molecule has 0 saturated carbocycles. The number of hydrogen-bond acceptors (Lipinski definition) is 5. The predicted molar refractivity (Wildman–Crippen MR) is 75.6 cm³/mol. The molecule has 3 rings (SSSR count). The van der Waals surface area contributed by atoms with Crippen LogP contribution in [0.3, 0.4) is 0 Å². The van der Waals surface area contributed by atoms with Gasteiger partial charge in [0, 0.05) is 18.3 Å². The van der Waals surface area contributed by atoms with E-state index >= 15 is 0 Å². The Bertz CT molecular complexity index is 622. The normalized spacial score (nSPS) is 15.7. The number of rotatable bonds is 3. The molecule has 0 saturated heterocycles. The molecule has 2 aromatic heterocycles. The van der Waals surface area contributed by atoms with Crippen molar-refractivity contribution in [1.29, 1.82) is 0 Å². The van der Waals surface area contributed by atoms with Crippen molar-refractivity contribution in [2.45, 2.75) is 38.6 Å². The molecule has 0 fully saturated rings. The summed E-state index contributed by atoms with van der Waals surface area (Å²) < 4.78 is 1.61. The van der Waals surface area contributed by atoms with Crippen molar-refractivity contribution in [3.8, 4) is 5.75 Å². The third-order valence-corrected chi connectivity index (χ3v) is 3.73. The van der Waals surface area contributed by atoms with E-state index in [1.807, 2.05) is 6.92 Å². The Morgan fingerprint density at radius 2 is 2.10 bits per heavy atom. The lowest BCUT2D eigenvalue weighted by molar-refractivity contribution is 0.465. The highest BCUT2D eigenvalue weighted by molar-refractivity contribution is 5.49. The molecule has 0 spiro atoms. The number of nitrogens with one attached hydrogen (secondary N) is 1. The second kappa shape index (κ2) is 5.11. The van der Waals surface area contributed by atoms with Crippen LogP contribution in [0.25, 0.3) is 0 Å². The Hall–Kier alpha value is -2.11. The molecular formula is C14H19N5O. The van der Waals surface area contributed by atoms with E-state index in [0.717, 1.165) is 24.4 Å². The minimum Gasteiger partial charge on any atom is -0.504 e. The average Bonchev–Trinajstić information content (AvgIpc) is 2.78. The first-order valence-corrected chi connectivity index (χ1v) is 6.97. The zero-order valence-corrected chi connectivity index (χ0v) is 11.8. The van der Waals surface area contributed by atoms with Gasteiger partial charge in [-0.15, -0.1) is 0 Å². The van der Waals surface area contributed by atoms with Gasteiger partial charge in [-0.1, -0.05) is 0 Å². The number of aryl methyl sites for hydroxylation is 2. The first-order chi connectivity index (χ1) is 9.65. The van der Waals surface area contributed by atoms with E-state index in [1.54, 1.807) is 24.3 Å². The van der Waals surface area contributed by atoms with E-state index in [9.17, 15) is 5.11 Å². The van der Waals surface area contributed by atoms with Gasteiger partial charge in [-0.25, -0.2) is 9.97 Å². The lowest BCUT2D eigenvalue weighted by atomic mass is 9.96. The van der Waals surface area contributed by atoms with Crippen LogP contribution in [0, 0.1) is 0 Å². The zero-order chi connectivity index (χ0) is 14.1. The van der Waals surface area contributed by atoms with Crippen LogP contribution >= 0.6 is 0 Å². The van der Waals surface area contributed by atoms with E-state index in [2.05, 4.69) is 20.4 Å². The summed E-state index contributed by atoms with van der Waals surface area (Å²) >= 11 is 0. The van der Waals surface area contributed by atoms with Crippen molar-refractivity contribution in [2.75, 3.05) is 5.32 Å². The number of fused-ring (bicyclic) bond motifs is 1. The molecule has 20 heavy (non-hydrogen) atoms. The van der Waals surface area contributed by atoms with Gasteiger partial charge in [0.15, 0.2) is 5.75 Å². The molecular weight excluding hydrogens is 254 g/mol. The minimum atomic E-state index is -0.0999. The fourth-order valence-electron chi connectivity index (χ4n) is 2.72. The molecule has 0 amide bonds. The molecule has 1 aliphatic rings. The molecule has 6 nitrogen and oxygen atoms in total. The summed E-state index contributed by atoms with van der Waals surface area (Å²) in [6.07, 6.45) is 7.62. The predicted octanol–water partition coefficient (Wildman–Crippen LogP) is 1.97. The van der Waals surface area contributed by atoms with Crippen molar-refractivity contribution in [1.82, 2.24) is 19.7 Å². The van der Waals surface area contributed by atoms with Crippen molar-refractivity contribution in [3.63, 3.8) is 0 Å². The number of hydrogen-bond donors (Lipinski definition) is 2. The van der Waals surface area contributed by atoms with Crippen molar-refractivity contribution < 1.29 is 5.11 Å². The summed E-state index contributed by atoms with van der Waals surface area (Å²) in [5, 5.41) is 17.5. The Morgan fingerprint density at radius 1 is 1.30 bits per heavy atom. The summed E-state index contributed by atoms with van der Waals surface area (Å²) in [6.45, 7) is 1.97. The first-order valence-electron chi connectivity index (χ1n) is 6.97. The molecule has 0 aromatic carbocycles. The molecule has 6 heteroatoms. The quantitative estimate of drug-likeness (QED) is 0.894. The summed E-state index contributed by atoms with van der Waals surface area (Å²) in [6, 6.07) is -0.0999. The maximum absolute atomic E-state index is 9.86. The number of nitrogens with zero attached hydrogens (tertiary/aromatic N) is 4. The van der Waals surface area contributed by atoms with Crippen LogP contribution in [0.15, 0.2) is 12.5 Å². The third kappa shape index (κ3) is 2.33. The summed E-state index contributed by atoms with van der Waals surface area (Å²) in [4.78, 5) is 8.72. The molecule has 0 aliphatic heterocycles. The van der Waals surface area contributed by atoms with Crippen molar-refractivity contribution in [3.05, 3.63) is 29.5 Å². The molecule has 1 unspecified atom stereocenters. The Morgan fingerprint density at radius 3 is 2.85 bits per heavy atom. The van der Waals surface area contributed by atoms with Crippen LogP contribution in [0.1, 0.15) is 42.8 Å². The highest BCUT2D eigenvalue weighted by Crippen LogP contribution is 2.29. The van der Waals surface area contributed by atoms with Gasteiger partial charge < -0.3 is 10.4 Å². The van der Waals surface area contributed by atoms with Crippen LogP contribution in [0.4, 0.5) is 5.82 Å². The van der Waals surface area contributed by atoms with Gasteiger partial charge >= 0.3 is 0 Å². The maximum atomic E-state index is 9.86. The fourth-order valence-corrected chi connectivity index (χ4v) is 2.72. The van der Waals surface area contributed by atoms with E-state index in [4.69, 9.17) is 0 Å². The summed E-state index contributed by atoms with van der Waals surface area (Å²) in [7, 11) is 1.79. The zero-order valence-electron chi connectivity index (χ0n) is 11.8. The molecule has 1 aliphatic carbocycles. The highest BCUT2D eigenvalue weighted by atomic mass is 16.3. The monoisotopic (exact) mass is 273 g/mol. The van der Waals surface area contributed by atoms with Crippen LogP contribution in [-0.4, -0.2) is 24.9 Å². The SMILES string of the molecule is CC(Nc1ncnc2c1CCCC2)c1nn(C)cc1O. The van der Waals surface area contributed by atoms with E-state index in [1.165, 1.54) is 18.4 Å². The van der Waals surface area contributed by atoms with Crippen molar-refractivity contribution in [2.24, 2.45) is 7.05 Å². The first kappa shape index (κ1) is 12.9. The number of aromatic nitrogens is 4. The topological polar surface area (TPSA) is 75.9 Å². The minimum absolute atomic E-state index is 0.0999. The largest absolute Gasteiger partial charge is 0.504 e. The third-order valence-electron chi connectivity index (χ3n) is 3.73. The summed E-state index contributed by atoms with van der Waals surface area (Å²) in [5.74, 6) is 1.07. The van der Waals surface area contributed by atoms with Gasteiger partial charge in [0.2, 0.25) is 0 Å².